The Morgan fingerprint density at radius 3 is 2.24 bits per heavy atom. The van der Waals surface area contributed by atoms with Crippen LogP contribution >= 0.6 is 0 Å². The van der Waals surface area contributed by atoms with Gasteiger partial charge in [0.05, 0.1) is 19.1 Å². The molecular weight excluding hydrogens is 450 g/mol. The van der Waals surface area contributed by atoms with E-state index in [1.54, 1.807) is 13.8 Å². The Hall–Kier alpha value is -1.79. The Bertz CT molecular complexity index is 804. The van der Waals surface area contributed by atoms with Gasteiger partial charge in [0, 0.05) is 6.92 Å². The van der Waals surface area contributed by atoms with Crippen molar-refractivity contribution in [2.24, 2.45) is 0 Å². The average Bonchev–Trinajstić information content (AvgIpc) is 2.99. The van der Waals surface area contributed by atoms with Gasteiger partial charge in [0.15, 0.2) is 19.7 Å². The molecule has 0 radical (unpaired) electrons. The molecule has 1 amide bonds. The summed E-state index contributed by atoms with van der Waals surface area (Å²) in [6.07, 6.45) is -0.635. The van der Waals surface area contributed by atoms with E-state index in [0.29, 0.717) is 0 Å². The summed E-state index contributed by atoms with van der Waals surface area (Å²) in [5.74, 6) is -4.02. The van der Waals surface area contributed by atoms with Crippen molar-refractivity contribution in [2.45, 2.75) is 102 Å². The summed E-state index contributed by atoms with van der Waals surface area (Å²) >= 11 is 0. The number of rotatable bonds is 8. The highest BCUT2D eigenvalue weighted by Crippen LogP contribution is 2.41. The van der Waals surface area contributed by atoms with Gasteiger partial charge in [-0.25, -0.2) is 4.79 Å². The summed E-state index contributed by atoms with van der Waals surface area (Å²) in [7, 11) is -2.46. The maximum atomic E-state index is 12.2. The van der Waals surface area contributed by atoms with E-state index in [1.807, 2.05) is 13.1 Å². The van der Waals surface area contributed by atoms with Gasteiger partial charge in [-0.2, -0.15) is 0 Å². The van der Waals surface area contributed by atoms with Crippen LogP contribution in [-0.4, -0.2) is 78.7 Å². The molecule has 10 nitrogen and oxygen atoms in total. The molecular formula is C22H37NO9Si. The smallest absolute Gasteiger partial charge is 0.340 e. The van der Waals surface area contributed by atoms with Crippen molar-refractivity contribution < 1.29 is 43.2 Å². The Labute approximate surface area is 195 Å². The number of hydrogen-bond donors (Lipinski definition) is 3. The Morgan fingerprint density at radius 2 is 1.82 bits per heavy atom. The zero-order chi connectivity index (χ0) is 25.4. The molecule has 5 atom stereocenters. The van der Waals surface area contributed by atoms with E-state index in [0.717, 1.165) is 0 Å². The van der Waals surface area contributed by atoms with Crippen LogP contribution in [0.25, 0.3) is 0 Å². The number of hydrogen-bond acceptors (Lipinski definition) is 7. The number of amides is 1. The molecule has 2 aliphatic rings. The summed E-state index contributed by atoms with van der Waals surface area (Å²) in [5, 5.41) is 21.8. The van der Waals surface area contributed by atoms with Gasteiger partial charge in [-0.15, -0.1) is 0 Å². The second-order valence-electron chi connectivity index (χ2n) is 10.6. The quantitative estimate of drug-likeness (QED) is 0.347. The minimum absolute atomic E-state index is 0.168. The third-order valence-electron chi connectivity index (χ3n) is 6.38. The highest BCUT2D eigenvalue weighted by molar-refractivity contribution is 6.74. The molecule has 0 aromatic rings. The second kappa shape index (κ2) is 9.45. The predicted octanol–water partition coefficient (Wildman–Crippen LogP) is 2.29. The molecule has 2 rings (SSSR count). The minimum Gasteiger partial charge on any atom is -0.481 e. The van der Waals surface area contributed by atoms with Gasteiger partial charge < -0.3 is 34.2 Å². The van der Waals surface area contributed by atoms with Crippen LogP contribution in [0.1, 0.15) is 48.0 Å². The average molecular weight is 488 g/mol. The molecule has 0 aromatic heterocycles. The molecule has 0 bridgehead atoms. The Balaban J connectivity index is 2.57. The largest absolute Gasteiger partial charge is 0.481 e. The SMILES string of the molecule is CC(=O)N[C@@H]1C=C[C@](CC(=O)O)(C(=O)O)O[C@H]1[C@H](O[Si](C)(C)C(C)(C)C)[C@H]1COC(C)(C)O1. The summed E-state index contributed by atoms with van der Waals surface area (Å²) in [6, 6.07) is -0.758. The summed E-state index contributed by atoms with van der Waals surface area (Å²) in [4.78, 5) is 35.6. The molecule has 1 fully saturated rings. The first kappa shape index (κ1) is 27.5. The maximum Gasteiger partial charge on any atom is 0.340 e. The highest BCUT2D eigenvalue weighted by Gasteiger charge is 2.54. The summed E-state index contributed by atoms with van der Waals surface area (Å²) < 4.78 is 24.6. The number of nitrogens with one attached hydrogen (secondary N) is 1. The molecule has 11 heteroatoms. The van der Waals surface area contributed by atoms with Gasteiger partial charge in [-0.3, -0.25) is 9.59 Å². The van der Waals surface area contributed by atoms with Gasteiger partial charge >= 0.3 is 11.9 Å². The van der Waals surface area contributed by atoms with Crippen LogP contribution in [0.4, 0.5) is 0 Å². The van der Waals surface area contributed by atoms with Crippen LogP contribution in [0, 0.1) is 0 Å². The van der Waals surface area contributed by atoms with Gasteiger partial charge in [0.25, 0.3) is 0 Å². The third-order valence-corrected chi connectivity index (χ3v) is 10.9. The van der Waals surface area contributed by atoms with E-state index in [1.165, 1.54) is 19.1 Å². The van der Waals surface area contributed by atoms with Crippen molar-refractivity contribution in [2.75, 3.05) is 6.61 Å². The standard InChI is InChI=1S/C22H37NO9Si/c1-13(24)23-14-9-10-22(19(27)28,11-16(25)26)31-17(14)18(15-12-29-21(5,6)30-15)32-33(7,8)20(2,3)4/h9-10,14-15,17-18H,11-12H2,1-8H3,(H,23,24)(H,25,26)(H,27,28)/t14-,15-,17-,18-,22+/m1/s1. The van der Waals surface area contributed by atoms with Crippen molar-refractivity contribution in [1.82, 2.24) is 5.32 Å². The predicted molar refractivity (Wildman–Crippen MR) is 121 cm³/mol. The van der Waals surface area contributed by atoms with Gasteiger partial charge in [-0.1, -0.05) is 26.8 Å². The van der Waals surface area contributed by atoms with Crippen LogP contribution in [-0.2, 0) is 33.0 Å². The molecule has 33 heavy (non-hydrogen) atoms. The molecule has 0 unspecified atom stereocenters. The molecule has 0 saturated carbocycles. The lowest BCUT2D eigenvalue weighted by Gasteiger charge is -2.47. The lowest BCUT2D eigenvalue weighted by atomic mass is 9.89. The topological polar surface area (TPSA) is 141 Å². The summed E-state index contributed by atoms with van der Waals surface area (Å²) in [6.45, 7) is 15.3. The van der Waals surface area contributed by atoms with E-state index < -0.39 is 62.4 Å². The van der Waals surface area contributed by atoms with Crippen LogP contribution in [0.5, 0.6) is 0 Å². The summed E-state index contributed by atoms with van der Waals surface area (Å²) in [5.41, 5.74) is -2.12. The highest BCUT2D eigenvalue weighted by atomic mass is 28.4. The number of carboxylic acid groups (broad SMARTS) is 2. The Kier molecular flexibility index (Phi) is 7.86. The number of carbonyl (C=O) groups is 3. The molecule has 1 saturated heterocycles. The molecule has 188 valence electrons. The lowest BCUT2D eigenvalue weighted by molar-refractivity contribution is -0.197. The molecule has 0 aromatic carbocycles. The van der Waals surface area contributed by atoms with E-state index in [9.17, 15) is 24.6 Å². The normalized spacial score (nSPS) is 30.6. The maximum absolute atomic E-state index is 12.2. The lowest BCUT2D eigenvalue weighted by Crippen LogP contribution is -2.63. The second-order valence-corrected chi connectivity index (χ2v) is 15.4. The van der Waals surface area contributed by atoms with Crippen LogP contribution in [0.15, 0.2) is 12.2 Å². The first-order valence-corrected chi connectivity index (χ1v) is 13.9. The van der Waals surface area contributed by atoms with Crippen molar-refractivity contribution in [1.29, 1.82) is 0 Å². The fraction of sp³-hybridized carbons (Fsp3) is 0.773. The van der Waals surface area contributed by atoms with E-state index in [4.69, 9.17) is 18.6 Å². The van der Waals surface area contributed by atoms with Gasteiger partial charge in [0.2, 0.25) is 5.91 Å². The molecule has 2 heterocycles. The monoisotopic (exact) mass is 487 g/mol. The Morgan fingerprint density at radius 1 is 1.21 bits per heavy atom. The molecule has 3 N–H and O–H groups in total. The van der Waals surface area contributed by atoms with Gasteiger partial charge in [-0.05, 0) is 38.1 Å². The molecule has 2 aliphatic heterocycles. The van der Waals surface area contributed by atoms with Crippen molar-refractivity contribution in [3.8, 4) is 0 Å². The number of aliphatic carboxylic acids is 2. The fourth-order valence-electron chi connectivity index (χ4n) is 3.63. The van der Waals surface area contributed by atoms with Crippen LogP contribution < -0.4 is 5.32 Å². The van der Waals surface area contributed by atoms with E-state index in [-0.39, 0.29) is 17.6 Å². The van der Waals surface area contributed by atoms with Crippen LogP contribution in [0.3, 0.4) is 0 Å². The zero-order valence-corrected chi connectivity index (χ0v) is 21.6. The van der Waals surface area contributed by atoms with Crippen molar-refractivity contribution in [3.63, 3.8) is 0 Å². The minimum atomic E-state index is -2.46. The van der Waals surface area contributed by atoms with Crippen molar-refractivity contribution >= 4 is 26.2 Å². The van der Waals surface area contributed by atoms with E-state index in [2.05, 4.69) is 26.1 Å². The third kappa shape index (κ3) is 6.42. The van der Waals surface area contributed by atoms with Crippen molar-refractivity contribution in [3.05, 3.63) is 12.2 Å². The zero-order valence-electron chi connectivity index (χ0n) is 20.6. The first-order valence-electron chi connectivity index (χ1n) is 11.0. The first-order chi connectivity index (χ1) is 14.9. The number of carboxylic acids is 2. The fourth-order valence-corrected chi connectivity index (χ4v) is 4.95. The van der Waals surface area contributed by atoms with Gasteiger partial charge in [0.1, 0.15) is 18.3 Å². The van der Waals surface area contributed by atoms with E-state index >= 15 is 0 Å². The van der Waals surface area contributed by atoms with Crippen LogP contribution in [0.2, 0.25) is 18.1 Å². The number of ether oxygens (including phenoxy) is 3. The molecule has 0 aliphatic carbocycles. The number of carbonyl (C=O) groups excluding carboxylic acids is 1. The molecule has 0 spiro atoms.